The molecule has 0 saturated carbocycles. The second kappa shape index (κ2) is 19.0. The number of rotatable bonds is 14. The third kappa shape index (κ3) is 8.41. The van der Waals surface area contributed by atoms with Crippen LogP contribution >= 0.6 is 0 Å². The molecule has 10 rings (SSSR count). The fourth-order valence-corrected chi connectivity index (χ4v) is 9.66. The summed E-state index contributed by atoms with van der Waals surface area (Å²) in [7, 11) is 0. The molecule has 334 valence electrons. The monoisotopic (exact) mass is 876 g/mol. The molecule has 7 aromatic rings. The summed E-state index contributed by atoms with van der Waals surface area (Å²) in [4.78, 5) is 19.3. The van der Waals surface area contributed by atoms with E-state index in [1.54, 1.807) is 18.2 Å². The number of nitrogens with zero attached hydrogens (tertiary/aromatic N) is 6. The van der Waals surface area contributed by atoms with E-state index in [1.165, 1.54) is 12.1 Å². The molecular formula is C52H53FN6O6. The number of hydrogen-bond donors (Lipinski definition) is 1. The van der Waals surface area contributed by atoms with Crippen LogP contribution in [0, 0.1) is 5.82 Å². The van der Waals surface area contributed by atoms with Crippen LogP contribution in [0.15, 0.2) is 138 Å². The normalized spacial score (nSPS) is 18.1. The van der Waals surface area contributed by atoms with Gasteiger partial charge in [-0.15, -0.1) is 0 Å². The Kier molecular flexibility index (Phi) is 12.4. The highest BCUT2D eigenvalue weighted by Gasteiger charge is 2.42. The van der Waals surface area contributed by atoms with Crippen LogP contribution < -0.4 is 15.2 Å². The summed E-state index contributed by atoms with van der Waals surface area (Å²) in [6.07, 6.45) is 4.23. The van der Waals surface area contributed by atoms with Crippen LogP contribution in [0.25, 0.3) is 28.0 Å². The minimum Gasteiger partial charge on any atom is -0.506 e. The van der Waals surface area contributed by atoms with Gasteiger partial charge in [0.2, 0.25) is 0 Å². The molecule has 2 aromatic heterocycles. The van der Waals surface area contributed by atoms with Crippen molar-refractivity contribution in [2.75, 3.05) is 64.1 Å². The van der Waals surface area contributed by atoms with Gasteiger partial charge in [0.15, 0.2) is 12.1 Å². The lowest BCUT2D eigenvalue weighted by Crippen LogP contribution is -2.58. The van der Waals surface area contributed by atoms with E-state index in [0.717, 1.165) is 86.4 Å². The van der Waals surface area contributed by atoms with Crippen molar-refractivity contribution < 1.29 is 28.4 Å². The first kappa shape index (κ1) is 42.6. The molecular weight excluding hydrogens is 824 g/mol. The van der Waals surface area contributed by atoms with Crippen molar-refractivity contribution in [2.45, 2.75) is 50.0 Å². The summed E-state index contributed by atoms with van der Waals surface area (Å²) in [5.41, 5.74) is 3.29. The quantitative estimate of drug-likeness (QED) is 0.0848. The van der Waals surface area contributed by atoms with Gasteiger partial charge in [0.25, 0.3) is 5.56 Å². The second-order valence-corrected chi connectivity index (χ2v) is 16.9. The Bertz CT molecular complexity index is 2680. The number of para-hydroxylation sites is 1. The van der Waals surface area contributed by atoms with Gasteiger partial charge in [-0.25, -0.2) is 9.07 Å². The number of benzene rings is 5. The van der Waals surface area contributed by atoms with Crippen LogP contribution in [0.5, 0.6) is 11.5 Å². The highest BCUT2D eigenvalue weighted by molar-refractivity contribution is 5.91. The summed E-state index contributed by atoms with van der Waals surface area (Å²) in [6, 6.07) is 41.9. The zero-order chi connectivity index (χ0) is 44.2. The average Bonchev–Trinajstić information content (AvgIpc) is 3.72. The van der Waals surface area contributed by atoms with E-state index in [-0.39, 0.29) is 36.1 Å². The molecule has 2 atom stereocenters. The Morgan fingerprint density at radius 1 is 0.769 bits per heavy atom. The van der Waals surface area contributed by atoms with Crippen LogP contribution in [-0.2, 0) is 19.7 Å². The highest BCUT2D eigenvalue weighted by Crippen LogP contribution is 2.44. The molecule has 0 spiro atoms. The third-order valence-electron chi connectivity index (χ3n) is 12.9. The van der Waals surface area contributed by atoms with E-state index in [0.29, 0.717) is 47.6 Å². The first-order valence-electron chi connectivity index (χ1n) is 22.7. The van der Waals surface area contributed by atoms with Crippen LogP contribution in [0.4, 0.5) is 10.1 Å². The van der Waals surface area contributed by atoms with E-state index in [4.69, 9.17) is 29.1 Å². The van der Waals surface area contributed by atoms with Crippen molar-refractivity contribution >= 4 is 16.7 Å². The third-order valence-corrected chi connectivity index (χ3v) is 12.9. The number of phenolic OH excluding ortho intramolecular Hbond substituents is 1. The molecule has 3 aliphatic rings. The van der Waals surface area contributed by atoms with E-state index >= 15 is 4.39 Å². The summed E-state index contributed by atoms with van der Waals surface area (Å²) in [6.45, 7) is 6.16. The minimum absolute atomic E-state index is 0.0885. The number of anilines is 1. The fourth-order valence-electron chi connectivity index (χ4n) is 9.66. The van der Waals surface area contributed by atoms with Gasteiger partial charge in [-0.1, -0.05) is 103 Å². The average molecular weight is 877 g/mol. The van der Waals surface area contributed by atoms with Crippen molar-refractivity contribution in [2.24, 2.45) is 0 Å². The van der Waals surface area contributed by atoms with Gasteiger partial charge >= 0.3 is 0 Å². The van der Waals surface area contributed by atoms with E-state index < -0.39 is 16.9 Å². The van der Waals surface area contributed by atoms with Gasteiger partial charge in [0.1, 0.15) is 33.9 Å². The number of unbranched alkanes of at least 4 members (excludes halogenated alkanes) is 1. The van der Waals surface area contributed by atoms with Crippen LogP contribution in [0.1, 0.15) is 48.8 Å². The van der Waals surface area contributed by atoms with Crippen molar-refractivity contribution in [3.8, 4) is 28.4 Å². The predicted molar refractivity (Wildman–Crippen MR) is 247 cm³/mol. The second-order valence-electron chi connectivity index (χ2n) is 16.9. The topological polar surface area (TPSA) is 116 Å². The fraction of sp³-hybridized carbons (Fsp3) is 0.327. The lowest BCUT2D eigenvalue weighted by Gasteiger charge is -2.44. The smallest absolute Gasteiger partial charge is 0.273 e. The number of morpholine rings is 1. The number of aromatic nitrogens is 4. The molecule has 5 aromatic carbocycles. The molecule has 65 heavy (non-hydrogen) atoms. The number of phenols is 1. The molecule has 12 nitrogen and oxygen atoms in total. The van der Waals surface area contributed by atoms with Gasteiger partial charge in [-0.3, -0.25) is 9.69 Å². The maximum absolute atomic E-state index is 16.2. The number of halogens is 1. The lowest BCUT2D eigenvalue weighted by atomic mass is 9.77. The molecule has 0 bridgehead atoms. The molecule has 1 unspecified atom stereocenters. The van der Waals surface area contributed by atoms with Crippen molar-refractivity contribution in [1.82, 2.24) is 24.5 Å². The molecule has 0 amide bonds. The van der Waals surface area contributed by atoms with Gasteiger partial charge < -0.3 is 29.0 Å². The first-order chi connectivity index (χ1) is 32.0. The lowest BCUT2D eigenvalue weighted by molar-refractivity contribution is -0.162. The summed E-state index contributed by atoms with van der Waals surface area (Å²) in [5.74, 6) is -0.395. The van der Waals surface area contributed by atoms with Crippen LogP contribution in [-0.4, -0.2) is 101 Å². The first-order valence-corrected chi connectivity index (χ1v) is 22.7. The standard InChI is InChI=1S/C52H53FN6O6/c53-42-21-14-22-46(63-29-12-13-31-65-48-23-10-11-30-64-48)51(42)58-47(61)34-44-50(54-58)49(37-24-25-43(45(60)33-37)57-27-26-56-28-32-62-36-41(56)35-57)55-59(44)52(38-15-4-1-5-16-38,39-17-6-2-7-18-39)40-19-8-3-9-20-40/h1-9,14-22,24-25,33-34,41,48,60H,10-13,23,26-32,35-36H2/t41-,48?/m1/s1. The maximum Gasteiger partial charge on any atom is 0.273 e. The van der Waals surface area contributed by atoms with E-state index in [9.17, 15) is 9.90 Å². The van der Waals surface area contributed by atoms with Crippen molar-refractivity contribution in [3.05, 3.63) is 166 Å². The van der Waals surface area contributed by atoms with Gasteiger partial charge in [0, 0.05) is 51.0 Å². The van der Waals surface area contributed by atoms with Crippen LogP contribution in [0.2, 0.25) is 0 Å². The Morgan fingerprint density at radius 3 is 2.18 bits per heavy atom. The number of aromatic hydroxyl groups is 1. The highest BCUT2D eigenvalue weighted by atomic mass is 19.1. The number of ether oxygens (including phenoxy) is 4. The Hall–Kier alpha value is -6.38. The Balaban J connectivity index is 1.10. The largest absolute Gasteiger partial charge is 0.506 e. The minimum atomic E-state index is -1.12. The van der Waals surface area contributed by atoms with Crippen LogP contribution in [0.3, 0.4) is 0 Å². The predicted octanol–water partition coefficient (Wildman–Crippen LogP) is 8.16. The summed E-state index contributed by atoms with van der Waals surface area (Å²) >= 11 is 0. The number of piperazine rings is 1. The van der Waals surface area contributed by atoms with Gasteiger partial charge in [0.05, 0.1) is 37.1 Å². The molecule has 3 aliphatic heterocycles. The zero-order valence-corrected chi connectivity index (χ0v) is 36.3. The van der Waals surface area contributed by atoms with Gasteiger partial charge in [-0.05, 0) is 73.1 Å². The molecule has 1 N–H and O–H groups in total. The Morgan fingerprint density at radius 2 is 1.49 bits per heavy atom. The molecule has 3 saturated heterocycles. The Labute approximate surface area is 377 Å². The SMILES string of the molecule is O=c1cc2c(nn1-c1c(F)cccc1OCCCCOC1CCCCO1)c(-c1ccc(N3CCN4CCOC[C@H]4C3)c(O)c1)nn2C(c1ccccc1)(c1ccccc1)c1ccccc1. The number of hydrogen-bond acceptors (Lipinski definition) is 10. The van der Waals surface area contributed by atoms with Crippen molar-refractivity contribution in [1.29, 1.82) is 0 Å². The van der Waals surface area contributed by atoms with Crippen molar-refractivity contribution in [3.63, 3.8) is 0 Å². The number of fused-ring (bicyclic) bond motifs is 2. The maximum atomic E-state index is 16.2. The molecule has 13 heteroatoms. The zero-order valence-electron chi connectivity index (χ0n) is 36.3. The molecule has 0 radical (unpaired) electrons. The molecule has 0 aliphatic carbocycles. The summed E-state index contributed by atoms with van der Waals surface area (Å²) < 4.78 is 42.8. The van der Waals surface area contributed by atoms with E-state index in [1.807, 2.05) is 71.4 Å². The summed E-state index contributed by atoms with van der Waals surface area (Å²) in [5, 5.41) is 22.3. The molecule has 5 heterocycles. The van der Waals surface area contributed by atoms with Gasteiger partial charge in [-0.2, -0.15) is 14.9 Å². The van der Waals surface area contributed by atoms with E-state index in [2.05, 4.69) is 46.2 Å². The molecule has 3 fully saturated rings.